The average molecular weight is 306 g/mol. The molecule has 22 heavy (non-hydrogen) atoms. The topological polar surface area (TPSA) is 40.5 Å². The number of fused-ring (bicyclic) bond motifs is 1. The largest absolute Gasteiger partial charge is 0.392 e. The number of rotatable bonds is 4. The van der Waals surface area contributed by atoms with E-state index in [2.05, 4.69) is 33.9 Å². The van der Waals surface area contributed by atoms with Crippen LogP contribution >= 0.6 is 0 Å². The van der Waals surface area contributed by atoms with Crippen LogP contribution in [0.3, 0.4) is 0 Å². The van der Waals surface area contributed by atoms with E-state index in [-0.39, 0.29) is 16.9 Å². The summed E-state index contributed by atoms with van der Waals surface area (Å²) < 4.78 is 0. The Hall–Kier alpha value is -0.600. The molecule has 2 heteroatoms. The van der Waals surface area contributed by atoms with Gasteiger partial charge in [-0.2, -0.15) is 0 Å². The Balaban J connectivity index is 2.28. The molecule has 126 valence electrons. The van der Waals surface area contributed by atoms with E-state index in [9.17, 15) is 10.2 Å². The van der Waals surface area contributed by atoms with Gasteiger partial charge in [0.15, 0.2) is 0 Å². The molecular formula is C20H34O2. The molecule has 2 aliphatic rings. The van der Waals surface area contributed by atoms with E-state index in [0.717, 1.165) is 12.8 Å². The van der Waals surface area contributed by atoms with Gasteiger partial charge >= 0.3 is 0 Å². The van der Waals surface area contributed by atoms with Crippen LogP contribution in [-0.2, 0) is 0 Å². The summed E-state index contributed by atoms with van der Waals surface area (Å²) in [4.78, 5) is 0. The molecule has 0 radical (unpaired) electrons. The van der Waals surface area contributed by atoms with Gasteiger partial charge < -0.3 is 10.2 Å². The van der Waals surface area contributed by atoms with E-state index in [4.69, 9.17) is 0 Å². The zero-order valence-corrected chi connectivity index (χ0v) is 14.9. The molecule has 0 spiro atoms. The van der Waals surface area contributed by atoms with Crippen LogP contribution in [0.2, 0.25) is 0 Å². The fourth-order valence-electron chi connectivity index (χ4n) is 5.55. The minimum Gasteiger partial charge on any atom is -0.392 e. The first-order chi connectivity index (χ1) is 10.0. The molecule has 2 fully saturated rings. The molecule has 0 bridgehead atoms. The van der Waals surface area contributed by atoms with Gasteiger partial charge in [-0.05, 0) is 61.7 Å². The first-order valence-corrected chi connectivity index (χ1v) is 8.75. The Morgan fingerprint density at radius 1 is 1.32 bits per heavy atom. The van der Waals surface area contributed by atoms with Crippen LogP contribution in [0.15, 0.2) is 24.8 Å². The van der Waals surface area contributed by atoms with Gasteiger partial charge in [0.05, 0.1) is 11.7 Å². The first kappa shape index (κ1) is 17.7. The maximum absolute atomic E-state index is 10.7. The lowest BCUT2D eigenvalue weighted by atomic mass is 9.46. The normalized spacial score (nSPS) is 40.6. The maximum Gasteiger partial charge on any atom is 0.0797 e. The fourth-order valence-corrected chi connectivity index (χ4v) is 5.55. The molecular weight excluding hydrogens is 272 g/mol. The summed E-state index contributed by atoms with van der Waals surface area (Å²) in [6.07, 6.45) is 7.26. The third-order valence-corrected chi connectivity index (χ3v) is 6.61. The molecule has 0 amide bonds. The predicted molar refractivity (Wildman–Crippen MR) is 92.5 cm³/mol. The summed E-state index contributed by atoms with van der Waals surface area (Å²) in [5, 5.41) is 21.0. The van der Waals surface area contributed by atoms with Crippen molar-refractivity contribution in [2.24, 2.45) is 22.7 Å². The van der Waals surface area contributed by atoms with Gasteiger partial charge in [-0.3, -0.25) is 0 Å². The van der Waals surface area contributed by atoms with Crippen molar-refractivity contribution in [2.75, 3.05) is 0 Å². The van der Waals surface area contributed by atoms with Crippen LogP contribution in [-0.4, -0.2) is 21.9 Å². The highest BCUT2D eigenvalue weighted by molar-refractivity contribution is 5.18. The van der Waals surface area contributed by atoms with Crippen molar-refractivity contribution >= 4 is 0 Å². The Morgan fingerprint density at radius 2 is 1.95 bits per heavy atom. The van der Waals surface area contributed by atoms with Crippen LogP contribution in [0.4, 0.5) is 0 Å². The van der Waals surface area contributed by atoms with E-state index in [1.807, 2.05) is 6.92 Å². The second-order valence-corrected chi connectivity index (χ2v) is 8.91. The summed E-state index contributed by atoms with van der Waals surface area (Å²) in [5.41, 5.74) is 0.621. The number of hydrogen-bond acceptors (Lipinski definition) is 2. The molecule has 2 rings (SSSR count). The monoisotopic (exact) mass is 306 g/mol. The minimum absolute atomic E-state index is 0.0910. The smallest absolute Gasteiger partial charge is 0.0797 e. The lowest BCUT2D eigenvalue weighted by molar-refractivity contribution is -0.123. The van der Waals surface area contributed by atoms with Crippen molar-refractivity contribution in [1.29, 1.82) is 0 Å². The molecule has 0 saturated heterocycles. The van der Waals surface area contributed by atoms with Crippen LogP contribution in [0.5, 0.6) is 0 Å². The van der Waals surface area contributed by atoms with Gasteiger partial charge in [-0.25, -0.2) is 0 Å². The van der Waals surface area contributed by atoms with Crippen LogP contribution in [0.1, 0.15) is 66.2 Å². The van der Waals surface area contributed by atoms with Crippen molar-refractivity contribution in [3.63, 3.8) is 0 Å². The van der Waals surface area contributed by atoms with Crippen molar-refractivity contribution in [3.05, 3.63) is 24.8 Å². The zero-order valence-electron chi connectivity index (χ0n) is 14.9. The zero-order chi connectivity index (χ0) is 16.8. The second-order valence-electron chi connectivity index (χ2n) is 8.91. The third-order valence-electron chi connectivity index (χ3n) is 6.61. The SMILES string of the molecule is C=C[C@@](C)(O)CC[C@H]1C(=C)C[C@H](O)[C@H]2C(C)(C)CCC[C@@]12C. The Kier molecular flexibility index (Phi) is 4.68. The summed E-state index contributed by atoms with van der Waals surface area (Å²) in [5.74, 6) is 0.699. The predicted octanol–water partition coefficient (Wildman–Crippen LogP) is 4.47. The van der Waals surface area contributed by atoms with Gasteiger partial charge in [0.2, 0.25) is 0 Å². The lowest BCUT2D eigenvalue weighted by Gasteiger charge is -2.59. The van der Waals surface area contributed by atoms with Gasteiger partial charge in [-0.1, -0.05) is 45.4 Å². The summed E-state index contributed by atoms with van der Waals surface area (Å²) >= 11 is 0. The molecule has 2 aliphatic carbocycles. The van der Waals surface area contributed by atoms with Gasteiger partial charge in [0.25, 0.3) is 0 Å². The minimum atomic E-state index is -0.813. The lowest BCUT2D eigenvalue weighted by Crippen LogP contribution is -2.55. The summed E-state index contributed by atoms with van der Waals surface area (Å²) in [7, 11) is 0. The van der Waals surface area contributed by atoms with Gasteiger partial charge in [0, 0.05) is 0 Å². The van der Waals surface area contributed by atoms with E-state index in [1.54, 1.807) is 6.08 Å². The Morgan fingerprint density at radius 3 is 2.55 bits per heavy atom. The molecule has 0 aliphatic heterocycles. The van der Waals surface area contributed by atoms with Crippen LogP contribution in [0, 0.1) is 22.7 Å². The average Bonchev–Trinajstić information content (AvgIpc) is 2.36. The highest BCUT2D eigenvalue weighted by Gasteiger charge is 2.56. The molecule has 2 N–H and O–H groups in total. The van der Waals surface area contributed by atoms with Crippen molar-refractivity contribution in [1.82, 2.24) is 0 Å². The highest BCUT2D eigenvalue weighted by atomic mass is 16.3. The molecule has 0 unspecified atom stereocenters. The van der Waals surface area contributed by atoms with E-state index in [1.165, 1.54) is 18.4 Å². The van der Waals surface area contributed by atoms with Gasteiger partial charge in [0.1, 0.15) is 0 Å². The standard InChI is InChI=1S/C20H34O2/c1-7-19(5,22)12-9-15-14(2)13-16(21)17-18(3,4)10-8-11-20(15,17)6/h7,15-17,21-22H,1-2,8-13H2,3-6H3/t15-,16-,17-,19+,20-/m0/s1. The van der Waals surface area contributed by atoms with E-state index >= 15 is 0 Å². The van der Waals surface area contributed by atoms with Crippen molar-refractivity contribution < 1.29 is 10.2 Å². The fraction of sp³-hybridized carbons (Fsp3) is 0.800. The molecule has 2 saturated carbocycles. The van der Waals surface area contributed by atoms with Crippen molar-refractivity contribution in [2.45, 2.75) is 77.9 Å². The quantitative estimate of drug-likeness (QED) is 0.752. The number of aliphatic hydroxyl groups is 2. The molecule has 0 aromatic carbocycles. The maximum atomic E-state index is 10.7. The van der Waals surface area contributed by atoms with E-state index in [0.29, 0.717) is 24.7 Å². The van der Waals surface area contributed by atoms with Crippen LogP contribution in [0.25, 0.3) is 0 Å². The molecule has 0 heterocycles. The molecule has 5 atom stereocenters. The first-order valence-electron chi connectivity index (χ1n) is 8.75. The van der Waals surface area contributed by atoms with Crippen LogP contribution < -0.4 is 0 Å². The summed E-state index contributed by atoms with van der Waals surface area (Å²) in [6, 6.07) is 0. The van der Waals surface area contributed by atoms with E-state index < -0.39 is 5.60 Å². The molecule has 0 aromatic heterocycles. The van der Waals surface area contributed by atoms with Gasteiger partial charge in [-0.15, -0.1) is 6.58 Å². The number of aliphatic hydroxyl groups excluding tert-OH is 1. The number of hydrogen-bond donors (Lipinski definition) is 2. The Labute approximate surface area is 136 Å². The molecule has 0 aromatic rings. The molecule has 2 nitrogen and oxygen atoms in total. The highest BCUT2D eigenvalue weighted by Crippen LogP contribution is 2.61. The second kappa shape index (κ2) is 5.79. The summed E-state index contributed by atoms with van der Waals surface area (Å²) in [6.45, 7) is 16.8. The third kappa shape index (κ3) is 3.05. The Bertz CT molecular complexity index is 449. The van der Waals surface area contributed by atoms with Crippen molar-refractivity contribution in [3.8, 4) is 0 Å².